The lowest BCUT2D eigenvalue weighted by Gasteiger charge is -2.13. The van der Waals surface area contributed by atoms with Crippen molar-refractivity contribution in [2.75, 3.05) is 0 Å². The number of hydrogen-bond donors (Lipinski definition) is 2. The lowest BCUT2D eigenvalue weighted by molar-refractivity contribution is 0.694. The number of aromatic nitrogens is 1. The van der Waals surface area contributed by atoms with Crippen molar-refractivity contribution in [3.8, 4) is 11.1 Å². The van der Waals surface area contributed by atoms with Crippen LogP contribution in [0.4, 0.5) is 0 Å². The van der Waals surface area contributed by atoms with Gasteiger partial charge in [0.2, 0.25) is 0 Å². The molecule has 1 atom stereocenters. The van der Waals surface area contributed by atoms with E-state index in [0.29, 0.717) is 17.0 Å². The van der Waals surface area contributed by atoms with Gasteiger partial charge in [0.1, 0.15) is 0 Å². The van der Waals surface area contributed by atoms with Gasteiger partial charge in [0.15, 0.2) is 0 Å². The molecule has 4 nitrogen and oxygen atoms in total. The number of H-pyrrole nitrogens is 1. The highest BCUT2D eigenvalue weighted by molar-refractivity contribution is 6.31. The molecule has 2 heterocycles. The molecule has 0 amide bonds. The van der Waals surface area contributed by atoms with Gasteiger partial charge in [-0.05, 0) is 29.3 Å². The summed E-state index contributed by atoms with van der Waals surface area (Å²) in [5.74, 6) is 0. The first-order valence-electron chi connectivity index (χ1n) is 10.2. The molecule has 0 bridgehead atoms. The van der Waals surface area contributed by atoms with Crippen LogP contribution in [0.1, 0.15) is 17.5 Å². The van der Waals surface area contributed by atoms with Gasteiger partial charge in [-0.1, -0.05) is 84.4 Å². The topological polar surface area (TPSA) is 57.2 Å². The van der Waals surface area contributed by atoms with Crippen molar-refractivity contribution in [1.29, 1.82) is 0 Å². The minimum absolute atomic E-state index is 0.0216. The molecule has 0 radical (unpaired) electrons. The van der Waals surface area contributed by atoms with Gasteiger partial charge in [-0.15, -0.1) is 0 Å². The van der Waals surface area contributed by atoms with E-state index < -0.39 is 0 Å². The van der Waals surface area contributed by atoms with Crippen LogP contribution in [0.3, 0.4) is 0 Å². The van der Waals surface area contributed by atoms with Crippen LogP contribution in [0, 0.1) is 0 Å². The molecule has 0 saturated heterocycles. The number of hydrogen-bond acceptors (Lipinski definition) is 3. The van der Waals surface area contributed by atoms with Gasteiger partial charge in [0, 0.05) is 27.9 Å². The van der Waals surface area contributed by atoms with Gasteiger partial charge in [-0.25, -0.2) is 0 Å². The Labute approximate surface area is 184 Å². The first kappa shape index (κ1) is 19.3. The molecule has 152 valence electrons. The summed E-state index contributed by atoms with van der Waals surface area (Å²) < 4.78 is 0. The Morgan fingerprint density at radius 1 is 0.935 bits per heavy atom. The number of aromatic amines is 1. The van der Waals surface area contributed by atoms with E-state index in [4.69, 9.17) is 11.6 Å². The molecule has 1 aliphatic rings. The minimum atomic E-state index is -0.151. The average molecular weight is 426 g/mol. The Bertz CT molecular complexity index is 1360. The van der Waals surface area contributed by atoms with Crippen molar-refractivity contribution in [3.05, 3.63) is 111 Å². The standard InChI is InChI=1S/C26H20ClN3O/c27-19-12-14-22-21(15-19)24(18-9-5-2-6-10-18)25(26(31)28-22)23-16-20(29-30-23)13-11-17-7-3-1-4-8-17/h1-15,20,29H,16H2,(H,28,31)/b13-11-/t20-/m1/s1. The SMILES string of the molecule is O=c1[nH]c2ccc(Cl)cc2c(-c2ccccc2)c1C1=NN[C@H](/C=C\c2ccccc2)C1. The summed E-state index contributed by atoms with van der Waals surface area (Å²) in [5.41, 5.74) is 8.04. The van der Waals surface area contributed by atoms with E-state index in [2.05, 4.69) is 39.8 Å². The zero-order valence-corrected chi connectivity index (χ0v) is 17.4. The maximum Gasteiger partial charge on any atom is 0.258 e. The maximum atomic E-state index is 13.2. The summed E-state index contributed by atoms with van der Waals surface area (Å²) in [5, 5.41) is 6.06. The molecule has 0 saturated carbocycles. The molecule has 0 fully saturated rings. The van der Waals surface area contributed by atoms with Gasteiger partial charge < -0.3 is 10.4 Å². The fourth-order valence-electron chi connectivity index (χ4n) is 3.97. The molecule has 5 rings (SSSR count). The molecule has 0 aliphatic carbocycles. The van der Waals surface area contributed by atoms with Crippen molar-refractivity contribution in [2.45, 2.75) is 12.5 Å². The van der Waals surface area contributed by atoms with Gasteiger partial charge in [-0.2, -0.15) is 5.10 Å². The molecule has 0 spiro atoms. The Morgan fingerprint density at radius 3 is 2.45 bits per heavy atom. The highest BCUT2D eigenvalue weighted by atomic mass is 35.5. The van der Waals surface area contributed by atoms with Crippen LogP contribution in [-0.4, -0.2) is 16.7 Å². The summed E-state index contributed by atoms with van der Waals surface area (Å²) in [6.45, 7) is 0. The van der Waals surface area contributed by atoms with E-state index in [1.54, 1.807) is 6.07 Å². The second-order valence-electron chi connectivity index (χ2n) is 7.53. The fourth-order valence-corrected chi connectivity index (χ4v) is 4.14. The number of hydrazone groups is 1. The van der Waals surface area contributed by atoms with Crippen LogP contribution in [0.15, 0.2) is 94.8 Å². The normalized spacial score (nSPS) is 15.9. The van der Waals surface area contributed by atoms with Crippen LogP contribution in [0.2, 0.25) is 5.02 Å². The third kappa shape index (κ3) is 3.90. The van der Waals surface area contributed by atoms with Gasteiger partial charge in [-0.3, -0.25) is 4.79 Å². The van der Waals surface area contributed by atoms with Crippen LogP contribution in [-0.2, 0) is 0 Å². The van der Waals surface area contributed by atoms with E-state index in [1.165, 1.54) is 0 Å². The van der Waals surface area contributed by atoms with Gasteiger partial charge >= 0.3 is 0 Å². The zero-order valence-electron chi connectivity index (χ0n) is 16.7. The Morgan fingerprint density at radius 2 is 1.68 bits per heavy atom. The van der Waals surface area contributed by atoms with Crippen molar-refractivity contribution < 1.29 is 0 Å². The molecule has 4 aromatic rings. The molecule has 0 unspecified atom stereocenters. The monoisotopic (exact) mass is 425 g/mol. The highest BCUT2D eigenvalue weighted by Crippen LogP contribution is 2.32. The zero-order chi connectivity index (χ0) is 21.2. The summed E-state index contributed by atoms with van der Waals surface area (Å²) in [6, 6.07) is 25.6. The van der Waals surface area contributed by atoms with Gasteiger partial charge in [0.25, 0.3) is 5.56 Å². The van der Waals surface area contributed by atoms with Crippen molar-refractivity contribution in [1.82, 2.24) is 10.4 Å². The highest BCUT2D eigenvalue weighted by Gasteiger charge is 2.24. The number of benzene rings is 3. The smallest absolute Gasteiger partial charge is 0.258 e. The van der Waals surface area contributed by atoms with E-state index in [9.17, 15) is 4.79 Å². The van der Waals surface area contributed by atoms with E-state index in [-0.39, 0.29) is 11.6 Å². The second kappa shape index (κ2) is 8.25. The molecular weight excluding hydrogens is 406 g/mol. The summed E-state index contributed by atoms with van der Waals surface area (Å²) in [4.78, 5) is 16.2. The van der Waals surface area contributed by atoms with Crippen molar-refractivity contribution in [2.24, 2.45) is 5.10 Å². The largest absolute Gasteiger partial charge is 0.321 e. The lowest BCUT2D eigenvalue weighted by Crippen LogP contribution is -2.21. The number of nitrogens with zero attached hydrogens (tertiary/aromatic N) is 1. The Hall–Kier alpha value is -3.63. The first-order valence-corrected chi connectivity index (χ1v) is 10.5. The maximum absolute atomic E-state index is 13.2. The molecule has 31 heavy (non-hydrogen) atoms. The summed E-state index contributed by atoms with van der Waals surface area (Å²) in [6.07, 6.45) is 4.77. The first-order chi connectivity index (χ1) is 15.2. The third-order valence-corrected chi connectivity index (χ3v) is 5.66. The molecule has 3 aromatic carbocycles. The number of pyridine rings is 1. The van der Waals surface area contributed by atoms with Gasteiger partial charge in [0.05, 0.1) is 17.3 Å². The molecule has 5 heteroatoms. The third-order valence-electron chi connectivity index (χ3n) is 5.43. The van der Waals surface area contributed by atoms with Crippen LogP contribution in [0.5, 0.6) is 0 Å². The van der Waals surface area contributed by atoms with Crippen LogP contribution >= 0.6 is 11.6 Å². The van der Waals surface area contributed by atoms with Crippen LogP contribution < -0.4 is 11.0 Å². The predicted molar refractivity (Wildman–Crippen MR) is 129 cm³/mol. The van der Waals surface area contributed by atoms with E-state index in [1.807, 2.05) is 60.7 Å². The molecular formula is C26H20ClN3O. The van der Waals surface area contributed by atoms with Crippen molar-refractivity contribution in [3.63, 3.8) is 0 Å². The summed E-state index contributed by atoms with van der Waals surface area (Å²) >= 11 is 6.31. The lowest BCUT2D eigenvalue weighted by atomic mass is 9.92. The number of nitrogens with one attached hydrogen (secondary N) is 2. The average Bonchev–Trinajstić information content (AvgIpc) is 3.27. The van der Waals surface area contributed by atoms with Crippen molar-refractivity contribution >= 4 is 34.3 Å². The quantitative estimate of drug-likeness (QED) is 0.445. The molecule has 2 N–H and O–H groups in total. The molecule has 1 aliphatic heterocycles. The number of halogens is 1. The fraction of sp³-hybridized carbons (Fsp3) is 0.0769. The Balaban J connectivity index is 1.58. The second-order valence-corrected chi connectivity index (χ2v) is 7.96. The minimum Gasteiger partial charge on any atom is -0.321 e. The summed E-state index contributed by atoms with van der Waals surface area (Å²) in [7, 11) is 0. The van der Waals surface area contributed by atoms with E-state index in [0.717, 1.165) is 33.3 Å². The Kier molecular flexibility index (Phi) is 5.14. The predicted octanol–water partition coefficient (Wildman–Crippen LogP) is 5.63. The van der Waals surface area contributed by atoms with Crippen LogP contribution in [0.25, 0.3) is 28.1 Å². The molecule has 1 aromatic heterocycles. The number of fused-ring (bicyclic) bond motifs is 1. The number of rotatable bonds is 4. The van der Waals surface area contributed by atoms with E-state index >= 15 is 0 Å².